The molecule has 2 nitrogen and oxygen atoms in total. The zero-order valence-corrected chi connectivity index (χ0v) is 29.4. The number of rotatable bonds is 24. The van der Waals surface area contributed by atoms with Crippen LogP contribution in [0.25, 0.3) is 0 Å². The van der Waals surface area contributed by atoms with Crippen molar-refractivity contribution < 1.29 is 9.53 Å². The maximum Gasteiger partial charge on any atom is 0.321 e. The van der Waals surface area contributed by atoms with Crippen molar-refractivity contribution in [2.45, 2.75) is 199 Å². The average molecular weight is 565 g/mol. The van der Waals surface area contributed by atoms with E-state index in [1.165, 1.54) is 134 Å². The molecule has 1 unspecified atom stereocenters. The first-order valence-corrected chi connectivity index (χ1v) is 24.0. The number of hydrogen-bond donors (Lipinski definition) is 0. The highest BCUT2D eigenvalue weighted by Gasteiger charge is 2.63. The molecule has 0 bridgehead atoms. The second-order valence-corrected chi connectivity index (χ2v) is 24.9. The van der Waals surface area contributed by atoms with E-state index in [0.29, 0.717) is 0 Å². The van der Waals surface area contributed by atoms with Gasteiger partial charge in [-0.25, -0.2) is 0 Å². The van der Waals surface area contributed by atoms with Gasteiger partial charge in [-0.3, -0.25) is 4.79 Å². The fraction of sp³-hybridized carbons (Fsp3) is 0.912. The third-order valence-corrected chi connectivity index (χ3v) is 14.6. The predicted octanol–water partition coefficient (Wildman–Crippen LogP) is 12.4. The summed E-state index contributed by atoms with van der Waals surface area (Å²) >= 11 is 0. The molecule has 0 aromatic heterocycles. The van der Waals surface area contributed by atoms with Crippen LogP contribution in [-0.4, -0.2) is 22.1 Å². The van der Waals surface area contributed by atoms with Crippen LogP contribution in [0.3, 0.4) is 0 Å². The Balaban J connectivity index is 2.65. The van der Waals surface area contributed by atoms with E-state index in [-0.39, 0.29) is 11.0 Å². The lowest BCUT2D eigenvalue weighted by atomic mass is 9.91. The number of carbonyl (C=O) groups is 1. The van der Waals surface area contributed by atoms with Crippen molar-refractivity contribution in [3.63, 3.8) is 0 Å². The Bertz CT molecular complexity index is 671. The third-order valence-electron chi connectivity index (χ3n) is 9.08. The highest BCUT2D eigenvalue weighted by atomic mass is 28.3. The minimum atomic E-state index is -1.78. The second-order valence-electron chi connectivity index (χ2n) is 14.5. The summed E-state index contributed by atoms with van der Waals surface area (Å²) in [5.41, 5.74) is 0. The Morgan fingerprint density at radius 3 is 1.29 bits per heavy atom. The molecule has 4 heteroatoms. The van der Waals surface area contributed by atoms with E-state index in [9.17, 15) is 4.79 Å². The highest BCUT2D eigenvalue weighted by Crippen LogP contribution is 2.60. The van der Waals surface area contributed by atoms with Gasteiger partial charge >= 0.3 is 5.97 Å². The molecule has 224 valence electrons. The van der Waals surface area contributed by atoms with Crippen LogP contribution in [-0.2, 0) is 9.53 Å². The number of hydrogen-bond acceptors (Lipinski definition) is 2. The van der Waals surface area contributed by atoms with Gasteiger partial charge in [-0.05, 0) is 24.5 Å². The number of ether oxygens (including phenoxy) is 1. The zero-order chi connectivity index (χ0) is 28.5. The summed E-state index contributed by atoms with van der Waals surface area (Å²) < 4.78 is 6.07. The summed E-state index contributed by atoms with van der Waals surface area (Å²) in [6, 6.07) is 0. The molecule has 1 atom stereocenters. The molecule has 1 heterocycles. The van der Waals surface area contributed by atoms with Crippen molar-refractivity contribution in [3.8, 4) is 0 Å². The van der Waals surface area contributed by atoms with Gasteiger partial charge in [0, 0.05) is 0 Å². The van der Waals surface area contributed by atoms with Gasteiger partial charge in [0.1, 0.15) is 10.8 Å². The van der Waals surface area contributed by atoms with E-state index in [1.807, 2.05) is 0 Å². The molecule has 1 aliphatic heterocycles. The van der Waals surface area contributed by atoms with E-state index in [0.717, 1.165) is 12.8 Å². The lowest BCUT2D eigenvalue weighted by molar-refractivity contribution is -0.156. The Morgan fingerprint density at radius 1 is 0.579 bits per heavy atom. The minimum Gasteiger partial charge on any atom is -0.430 e. The van der Waals surface area contributed by atoms with Crippen LogP contribution >= 0.6 is 0 Å². The first kappa shape index (κ1) is 35.7. The van der Waals surface area contributed by atoms with Crippen LogP contribution in [0.5, 0.6) is 0 Å². The number of esters is 1. The summed E-state index contributed by atoms with van der Waals surface area (Å²) in [5, 5.41) is 1.31. The van der Waals surface area contributed by atoms with Gasteiger partial charge in [-0.15, -0.1) is 0 Å². The molecule has 0 spiro atoms. The number of unbranched alkanes of at least 4 members (excludes halogenated alkanes) is 18. The van der Waals surface area contributed by atoms with E-state index >= 15 is 0 Å². The summed E-state index contributed by atoms with van der Waals surface area (Å²) in [6.07, 6.45) is 29.3. The standard InChI is InChI=1S/C34H68O2Si2/c1-9-11-13-15-17-19-21-23-25-27-29-31(37(3,4)5)32-34(33(35)36-32,38(6,7)8)30-28-26-24-22-20-18-16-14-12-10-2/h9-30H2,1-8H3/b32-31+. The van der Waals surface area contributed by atoms with Crippen LogP contribution in [0, 0.1) is 0 Å². The van der Waals surface area contributed by atoms with E-state index in [2.05, 4.69) is 53.1 Å². The number of carbonyl (C=O) groups excluding carboxylic acids is 1. The summed E-state index contributed by atoms with van der Waals surface area (Å²) in [7, 11) is -3.34. The summed E-state index contributed by atoms with van der Waals surface area (Å²) in [5.74, 6) is 1.29. The van der Waals surface area contributed by atoms with Crippen molar-refractivity contribution in [1.82, 2.24) is 0 Å². The largest absolute Gasteiger partial charge is 0.430 e. The average Bonchev–Trinajstić information content (AvgIpc) is 2.83. The molecule has 1 fully saturated rings. The van der Waals surface area contributed by atoms with Gasteiger partial charge in [-0.1, -0.05) is 175 Å². The van der Waals surface area contributed by atoms with Gasteiger partial charge in [0.15, 0.2) is 0 Å². The molecular weight excluding hydrogens is 497 g/mol. The predicted molar refractivity (Wildman–Crippen MR) is 175 cm³/mol. The normalized spacial score (nSPS) is 19.4. The van der Waals surface area contributed by atoms with Crippen LogP contribution in [0.2, 0.25) is 44.3 Å². The van der Waals surface area contributed by atoms with E-state index in [4.69, 9.17) is 4.74 Å². The zero-order valence-electron chi connectivity index (χ0n) is 27.4. The summed E-state index contributed by atoms with van der Waals surface area (Å²) in [6.45, 7) is 19.2. The van der Waals surface area contributed by atoms with Gasteiger partial charge < -0.3 is 4.74 Å². The molecule has 1 aliphatic rings. The number of allylic oxidation sites excluding steroid dienone is 1. The van der Waals surface area contributed by atoms with Crippen molar-refractivity contribution in [3.05, 3.63) is 11.0 Å². The molecule has 0 amide bonds. The van der Waals surface area contributed by atoms with Crippen LogP contribution in [0.15, 0.2) is 11.0 Å². The molecule has 0 N–H and O–H groups in total. The van der Waals surface area contributed by atoms with Crippen molar-refractivity contribution in [2.24, 2.45) is 0 Å². The SMILES string of the molecule is CCCCCCCCCCCC/C(=C1\OC(=O)C1(CCCCCCCCCCCC)[Si](C)(C)C)[Si](C)(C)C. The molecule has 0 aromatic rings. The lowest BCUT2D eigenvalue weighted by Gasteiger charge is -2.51. The Kier molecular flexibility index (Phi) is 17.7. The molecule has 0 aliphatic carbocycles. The van der Waals surface area contributed by atoms with Crippen molar-refractivity contribution >= 4 is 22.1 Å². The quantitative estimate of drug-likeness (QED) is 0.0662. The van der Waals surface area contributed by atoms with Crippen molar-refractivity contribution in [1.29, 1.82) is 0 Å². The fourth-order valence-electron chi connectivity index (χ4n) is 6.37. The minimum absolute atomic E-state index is 0.112. The van der Waals surface area contributed by atoms with Gasteiger partial charge in [-0.2, -0.15) is 0 Å². The Hall–Kier alpha value is -0.356. The first-order chi connectivity index (χ1) is 18.0. The van der Waals surface area contributed by atoms with Crippen LogP contribution in [0.1, 0.15) is 155 Å². The van der Waals surface area contributed by atoms with Crippen molar-refractivity contribution in [2.75, 3.05) is 0 Å². The maximum atomic E-state index is 13.3. The Labute approximate surface area is 241 Å². The summed E-state index contributed by atoms with van der Waals surface area (Å²) in [4.78, 5) is 13.3. The van der Waals surface area contributed by atoms with Gasteiger partial charge in [0.2, 0.25) is 0 Å². The molecule has 0 saturated carbocycles. The molecule has 0 aromatic carbocycles. The Morgan fingerprint density at radius 2 is 0.947 bits per heavy atom. The van der Waals surface area contributed by atoms with E-state index in [1.54, 1.807) is 5.20 Å². The second kappa shape index (κ2) is 18.9. The smallest absolute Gasteiger partial charge is 0.321 e. The number of cyclic esters (lactones) is 1. The molecule has 0 radical (unpaired) electrons. The molecule has 1 rings (SSSR count). The van der Waals surface area contributed by atoms with Crippen LogP contribution in [0.4, 0.5) is 0 Å². The first-order valence-electron chi connectivity index (χ1n) is 17.0. The fourth-order valence-corrected chi connectivity index (χ4v) is 10.8. The third kappa shape index (κ3) is 12.0. The monoisotopic (exact) mass is 564 g/mol. The van der Waals surface area contributed by atoms with Crippen LogP contribution < -0.4 is 0 Å². The maximum absolute atomic E-state index is 13.3. The highest BCUT2D eigenvalue weighted by molar-refractivity contribution is 6.86. The molecular formula is C34H68O2Si2. The van der Waals surface area contributed by atoms with Gasteiger partial charge in [0.25, 0.3) is 0 Å². The topological polar surface area (TPSA) is 26.3 Å². The van der Waals surface area contributed by atoms with Gasteiger partial charge in [0.05, 0.1) is 16.1 Å². The molecule has 38 heavy (non-hydrogen) atoms. The van der Waals surface area contributed by atoms with E-state index < -0.39 is 16.1 Å². The lowest BCUT2D eigenvalue weighted by Crippen LogP contribution is -2.56. The molecule has 1 saturated heterocycles.